The smallest absolute Gasteiger partial charge is 0.191 e. The average molecular weight is 409 g/mol. The Balaban J connectivity index is 4.75. The molecule has 0 rings (SSSR count). The highest BCUT2D eigenvalue weighted by molar-refractivity contribution is 8.13. The van der Waals surface area contributed by atoms with E-state index in [1.165, 1.54) is 11.8 Å². The highest BCUT2D eigenvalue weighted by Gasteiger charge is 2.34. The van der Waals surface area contributed by atoms with Crippen molar-refractivity contribution in [1.82, 2.24) is 9.34 Å². The number of ether oxygens (including phenoxy) is 1. The summed E-state index contributed by atoms with van der Waals surface area (Å²) < 4.78 is 16.9. The molecule has 0 aliphatic heterocycles. The van der Waals surface area contributed by atoms with Crippen LogP contribution in [0.1, 0.15) is 75.2 Å². The summed E-state index contributed by atoms with van der Waals surface area (Å²) in [5.41, 5.74) is 0. The molecule has 0 bridgehead atoms. The summed E-state index contributed by atoms with van der Waals surface area (Å²) in [7, 11) is -0.871. The first-order valence-electron chi connectivity index (χ1n) is 9.86. The van der Waals surface area contributed by atoms with Crippen LogP contribution in [0.5, 0.6) is 0 Å². The van der Waals surface area contributed by atoms with Crippen LogP contribution in [-0.4, -0.2) is 57.8 Å². The molecule has 0 aliphatic carbocycles. The van der Waals surface area contributed by atoms with Gasteiger partial charge in [-0.25, -0.2) is 9.34 Å². The van der Waals surface area contributed by atoms with Gasteiger partial charge in [-0.3, -0.25) is 4.79 Å². The molecular formula is C19H41N2O3PS. The lowest BCUT2D eigenvalue weighted by Crippen LogP contribution is -2.43. The maximum Gasteiger partial charge on any atom is 0.191 e. The van der Waals surface area contributed by atoms with Crippen molar-refractivity contribution in [3.63, 3.8) is 0 Å². The van der Waals surface area contributed by atoms with Gasteiger partial charge in [-0.15, -0.1) is 0 Å². The van der Waals surface area contributed by atoms with Crippen molar-refractivity contribution in [3.05, 3.63) is 0 Å². The van der Waals surface area contributed by atoms with Crippen molar-refractivity contribution in [2.24, 2.45) is 0 Å². The summed E-state index contributed by atoms with van der Waals surface area (Å²) in [5.74, 6) is 0.413. The zero-order valence-electron chi connectivity index (χ0n) is 18.3. The molecule has 0 saturated heterocycles. The summed E-state index contributed by atoms with van der Waals surface area (Å²) >= 11 is 1.26. The first-order valence-corrected chi connectivity index (χ1v) is 12.0. The van der Waals surface area contributed by atoms with Crippen LogP contribution in [0, 0.1) is 0 Å². The van der Waals surface area contributed by atoms with E-state index in [1.807, 2.05) is 6.92 Å². The molecule has 0 fully saturated rings. The molecule has 5 nitrogen and oxygen atoms in total. The normalized spacial score (nSPS) is 12.8. The Morgan fingerprint density at radius 1 is 0.885 bits per heavy atom. The Hall–Kier alpha value is 0.290. The van der Waals surface area contributed by atoms with Gasteiger partial charge in [-0.2, -0.15) is 0 Å². The van der Waals surface area contributed by atoms with E-state index in [2.05, 4.69) is 64.7 Å². The fraction of sp³-hybridized carbons (Fsp3) is 0.947. The number of rotatable bonds is 14. The van der Waals surface area contributed by atoms with Gasteiger partial charge in [0.15, 0.2) is 13.6 Å². The van der Waals surface area contributed by atoms with Gasteiger partial charge in [0.25, 0.3) is 0 Å². The quantitative estimate of drug-likeness (QED) is 0.215. The van der Waals surface area contributed by atoms with Crippen LogP contribution in [0.25, 0.3) is 0 Å². The van der Waals surface area contributed by atoms with Crippen molar-refractivity contribution in [2.75, 3.05) is 19.2 Å². The van der Waals surface area contributed by atoms with E-state index in [4.69, 9.17) is 9.26 Å². The van der Waals surface area contributed by atoms with Crippen molar-refractivity contribution in [2.45, 2.75) is 99.3 Å². The zero-order valence-corrected chi connectivity index (χ0v) is 20.0. The Kier molecular flexibility index (Phi) is 14.5. The van der Waals surface area contributed by atoms with Crippen molar-refractivity contribution in [3.8, 4) is 0 Å². The third-order valence-corrected chi connectivity index (χ3v) is 7.57. The minimum atomic E-state index is -0.871. The minimum Gasteiger partial charge on any atom is -0.368 e. The molecule has 156 valence electrons. The molecule has 26 heavy (non-hydrogen) atoms. The van der Waals surface area contributed by atoms with Gasteiger partial charge >= 0.3 is 0 Å². The maximum atomic E-state index is 11.5. The van der Waals surface area contributed by atoms with E-state index in [0.29, 0.717) is 49.7 Å². The number of hydrogen-bond acceptors (Lipinski definition) is 6. The molecule has 0 aliphatic rings. The van der Waals surface area contributed by atoms with Gasteiger partial charge in [0, 0.05) is 30.6 Å². The third kappa shape index (κ3) is 10.0. The number of carbonyl (C=O) groups is 1. The fourth-order valence-electron chi connectivity index (χ4n) is 2.86. The van der Waals surface area contributed by atoms with E-state index in [-0.39, 0.29) is 5.12 Å². The Morgan fingerprint density at radius 2 is 1.35 bits per heavy atom. The van der Waals surface area contributed by atoms with Crippen molar-refractivity contribution in [1.29, 1.82) is 0 Å². The zero-order chi connectivity index (χ0) is 20.3. The lowest BCUT2D eigenvalue weighted by Gasteiger charge is -2.45. The summed E-state index contributed by atoms with van der Waals surface area (Å²) in [6, 6.07) is 1.63. The topological polar surface area (TPSA) is 42.0 Å². The summed E-state index contributed by atoms with van der Waals surface area (Å²) in [6.45, 7) is 20.9. The maximum absolute atomic E-state index is 11.5. The molecule has 7 heteroatoms. The van der Waals surface area contributed by atoms with Gasteiger partial charge in [0.1, 0.15) is 0 Å². The van der Waals surface area contributed by atoms with E-state index in [0.717, 1.165) is 6.42 Å². The lowest BCUT2D eigenvalue weighted by atomic mass is 10.3. The first kappa shape index (κ1) is 26.3. The van der Waals surface area contributed by atoms with Crippen LogP contribution in [0.15, 0.2) is 0 Å². The fourth-order valence-corrected chi connectivity index (χ4v) is 5.86. The monoisotopic (exact) mass is 408 g/mol. The van der Waals surface area contributed by atoms with E-state index >= 15 is 0 Å². The predicted molar refractivity (Wildman–Crippen MR) is 115 cm³/mol. The standard InChI is InChI=1S/C19H41N2O3PS/c1-10-11-19(22)26-14-23-12-13-24-25(20(15(2)3)16(4)5)21(17(6)7)18(8)9/h15-18H,10-14H2,1-9H3. The Labute approximate surface area is 167 Å². The molecule has 0 heterocycles. The van der Waals surface area contributed by atoms with Gasteiger partial charge in [-0.05, 0) is 61.8 Å². The van der Waals surface area contributed by atoms with Crippen molar-refractivity contribution < 1.29 is 14.1 Å². The van der Waals surface area contributed by atoms with Gasteiger partial charge in [-0.1, -0.05) is 18.7 Å². The van der Waals surface area contributed by atoms with Crippen molar-refractivity contribution >= 4 is 25.3 Å². The summed E-state index contributed by atoms with van der Waals surface area (Å²) in [6.07, 6.45) is 1.50. The highest BCUT2D eigenvalue weighted by atomic mass is 32.2. The molecule has 0 saturated carbocycles. The van der Waals surface area contributed by atoms with Crippen LogP contribution in [0.3, 0.4) is 0 Å². The molecule has 0 N–H and O–H groups in total. The van der Waals surface area contributed by atoms with Crippen LogP contribution < -0.4 is 0 Å². The van der Waals surface area contributed by atoms with Gasteiger partial charge < -0.3 is 9.26 Å². The first-order chi connectivity index (χ1) is 12.1. The Bertz CT molecular complexity index is 346. The van der Waals surface area contributed by atoms with Crippen LogP contribution in [-0.2, 0) is 14.1 Å². The molecule has 0 unspecified atom stereocenters. The molecule has 0 aromatic carbocycles. The van der Waals surface area contributed by atoms with E-state index in [9.17, 15) is 4.79 Å². The molecular weight excluding hydrogens is 367 g/mol. The van der Waals surface area contributed by atoms with Crippen LogP contribution in [0.4, 0.5) is 0 Å². The Morgan fingerprint density at radius 3 is 1.73 bits per heavy atom. The molecule has 0 amide bonds. The van der Waals surface area contributed by atoms with Gasteiger partial charge in [0.2, 0.25) is 0 Å². The molecule has 0 aromatic heterocycles. The number of nitrogens with zero attached hydrogens (tertiary/aromatic N) is 2. The van der Waals surface area contributed by atoms with E-state index < -0.39 is 8.45 Å². The minimum absolute atomic E-state index is 0.201. The summed E-state index contributed by atoms with van der Waals surface area (Å²) in [4.78, 5) is 11.5. The molecule has 0 atom stereocenters. The number of thioether (sulfide) groups is 1. The second-order valence-electron chi connectivity index (χ2n) is 7.51. The third-order valence-electron chi connectivity index (χ3n) is 3.70. The second-order valence-corrected chi connectivity index (χ2v) is 10.2. The second kappa shape index (κ2) is 14.3. The lowest BCUT2D eigenvalue weighted by molar-refractivity contribution is -0.111. The van der Waals surface area contributed by atoms with Gasteiger partial charge in [0.05, 0.1) is 19.2 Å². The highest BCUT2D eigenvalue weighted by Crippen LogP contribution is 2.50. The summed E-state index contributed by atoms with van der Waals surface area (Å²) in [5, 5.41) is 0.201. The van der Waals surface area contributed by atoms with E-state index in [1.54, 1.807) is 0 Å². The SMILES string of the molecule is CCCC(=O)SCOCCOP(N(C(C)C)C(C)C)N(C(C)C)C(C)C. The number of hydrogen-bond donors (Lipinski definition) is 0. The number of carbonyl (C=O) groups excluding carboxylic acids is 1. The molecule has 0 aromatic rings. The average Bonchev–Trinajstić information content (AvgIpc) is 2.49. The molecule has 0 spiro atoms. The van der Waals surface area contributed by atoms with Crippen LogP contribution >= 0.6 is 20.2 Å². The largest absolute Gasteiger partial charge is 0.368 e. The van der Waals surface area contributed by atoms with Crippen LogP contribution in [0.2, 0.25) is 0 Å². The predicted octanol–water partition coefficient (Wildman–Crippen LogP) is 5.50. The molecule has 0 radical (unpaired) electrons.